The maximum atomic E-state index is 12.1. The van der Waals surface area contributed by atoms with Gasteiger partial charge in [-0.3, -0.25) is 4.79 Å². The van der Waals surface area contributed by atoms with Gasteiger partial charge in [0.05, 0.1) is 18.2 Å². The molecular weight excluding hydrogens is 228 g/mol. The second-order valence-electron chi connectivity index (χ2n) is 4.83. The third-order valence-electron chi connectivity index (χ3n) is 3.65. The molecule has 0 heterocycles. The van der Waals surface area contributed by atoms with Gasteiger partial charge in [-0.2, -0.15) is 0 Å². The van der Waals surface area contributed by atoms with E-state index in [-0.39, 0.29) is 11.3 Å². The smallest absolute Gasteiger partial charge is 0.231 e. The van der Waals surface area contributed by atoms with Crippen molar-refractivity contribution in [1.29, 1.82) is 0 Å². The number of carbonyl (C=O) groups is 1. The van der Waals surface area contributed by atoms with Crippen molar-refractivity contribution in [3.8, 4) is 5.75 Å². The Labute approximate surface area is 108 Å². The second-order valence-corrected chi connectivity index (χ2v) is 4.83. The minimum absolute atomic E-state index is 0.0107. The van der Waals surface area contributed by atoms with E-state index in [1.807, 2.05) is 18.2 Å². The molecule has 0 aromatic heterocycles. The van der Waals surface area contributed by atoms with Crippen molar-refractivity contribution in [1.82, 2.24) is 0 Å². The van der Waals surface area contributed by atoms with E-state index in [1.165, 1.54) is 5.56 Å². The molecule has 4 nitrogen and oxygen atoms in total. The molecule has 1 aromatic rings. The largest absolute Gasteiger partial charge is 0.495 e. The number of aryl methyl sites for hydroxylation is 1. The molecule has 4 heteroatoms. The molecule has 1 aliphatic rings. The van der Waals surface area contributed by atoms with E-state index < -0.39 is 0 Å². The van der Waals surface area contributed by atoms with E-state index in [4.69, 9.17) is 10.5 Å². The van der Waals surface area contributed by atoms with Crippen molar-refractivity contribution in [2.75, 3.05) is 19.0 Å². The molecule has 0 atom stereocenters. The lowest BCUT2D eigenvalue weighted by Crippen LogP contribution is -2.31. The highest BCUT2D eigenvalue weighted by atomic mass is 16.5. The Bertz CT molecular complexity index is 453. The molecule has 0 spiro atoms. The number of benzene rings is 1. The maximum Gasteiger partial charge on any atom is 0.231 e. The lowest BCUT2D eigenvalue weighted by molar-refractivity contribution is -0.120. The van der Waals surface area contributed by atoms with E-state index in [0.717, 1.165) is 24.9 Å². The van der Waals surface area contributed by atoms with Crippen LogP contribution in [-0.4, -0.2) is 19.6 Å². The number of amides is 1. The van der Waals surface area contributed by atoms with E-state index in [2.05, 4.69) is 12.2 Å². The second kappa shape index (κ2) is 4.98. The highest BCUT2D eigenvalue weighted by molar-refractivity contribution is 5.98. The molecule has 1 aromatic carbocycles. The minimum Gasteiger partial charge on any atom is -0.495 e. The Balaban J connectivity index is 2.19. The summed E-state index contributed by atoms with van der Waals surface area (Å²) in [5.74, 6) is 0.699. The molecule has 1 aliphatic carbocycles. The standard InChI is InChI=1S/C14H20N2O2/c1-3-10-4-5-12(18-2)11(8-10)16-13(17)14(9-15)6-7-14/h4-5,8H,3,6-7,9,15H2,1-2H3,(H,16,17). The number of rotatable bonds is 5. The van der Waals surface area contributed by atoms with E-state index in [1.54, 1.807) is 7.11 Å². The molecule has 0 bridgehead atoms. The summed E-state index contributed by atoms with van der Waals surface area (Å²) in [4.78, 5) is 12.1. The van der Waals surface area contributed by atoms with Crippen LogP contribution in [0.4, 0.5) is 5.69 Å². The first-order chi connectivity index (χ1) is 8.65. The molecule has 0 unspecified atom stereocenters. The predicted molar refractivity (Wildman–Crippen MR) is 71.7 cm³/mol. The van der Waals surface area contributed by atoms with Gasteiger partial charge in [-0.15, -0.1) is 0 Å². The van der Waals surface area contributed by atoms with Crippen LogP contribution >= 0.6 is 0 Å². The summed E-state index contributed by atoms with van der Waals surface area (Å²) in [6, 6.07) is 5.85. The first kappa shape index (κ1) is 12.9. The van der Waals surface area contributed by atoms with Crippen LogP contribution in [0.25, 0.3) is 0 Å². The Morgan fingerprint density at radius 2 is 2.22 bits per heavy atom. The zero-order chi connectivity index (χ0) is 13.2. The van der Waals surface area contributed by atoms with Gasteiger partial charge in [0.25, 0.3) is 0 Å². The molecule has 1 saturated carbocycles. The summed E-state index contributed by atoms with van der Waals surface area (Å²) in [6.45, 7) is 2.49. The lowest BCUT2D eigenvalue weighted by atomic mass is 10.1. The molecule has 98 valence electrons. The van der Waals surface area contributed by atoms with E-state index >= 15 is 0 Å². The van der Waals surface area contributed by atoms with Crippen LogP contribution in [0.3, 0.4) is 0 Å². The molecule has 2 rings (SSSR count). The van der Waals surface area contributed by atoms with Crippen molar-refractivity contribution in [2.24, 2.45) is 11.1 Å². The number of methoxy groups -OCH3 is 1. The number of carbonyl (C=O) groups excluding carboxylic acids is 1. The number of nitrogens with two attached hydrogens (primary N) is 1. The minimum atomic E-state index is -0.340. The van der Waals surface area contributed by atoms with Gasteiger partial charge >= 0.3 is 0 Å². The molecule has 0 radical (unpaired) electrons. The molecule has 0 aliphatic heterocycles. The predicted octanol–water partition coefficient (Wildman–Crippen LogP) is 1.93. The van der Waals surface area contributed by atoms with Gasteiger partial charge in [0.2, 0.25) is 5.91 Å². The summed E-state index contributed by atoms with van der Waals surface area (Å²) in [5.41, 5.74) is 7.23. The van der Waals surface area contributed by atoms with Crippen molar-refractivity contribution in [2.45, 2.75) is 26.2 Å². The third kappa shape index (κ3) is 2.34. The number of ether oxygens (including phenoxy) is 1. The summed E-state index contributed by atoms with van der Waals surface area (Å²) in [5, 5.41) is 2.95. The Kier molecular flexibility index (Phi) is 3.57. The topological polar surface area (TPSA) is 64.3 Å². The van der Waals surface area contributed by atoms with Gasteiger partial charge in [-0.1, -0.05) is 13.0 Å². The van der Waals surface area contributed by atoms with E-state index in [0.29, 0.717) is 12.3 Å². The van der Waals surface area contributed by atoms with Crippen molar-refractivity contribution in [3.05, 3.63) is 23.8 Å². The fraction of sp³-hybridized carbons (Fsp3) is 0.500. The van der Waals surface area contributed by atoms with Crippen LogP contribution in [0.5, 0.6) is 5.75 Å². The van der Waals surface area contributed by atoms with Gasteiger partial charge in [0, 0.05) is 6.54 Å². The summed E-state index contributed by atoms with van der Waals surface area (Å²) in [6.07, 6.45) is 2.69. The van der Waals surface area contributed by atoms with Crippen LogP contribution in [0.2, 0.25) is 0 Å². The van der Waals surface area contributed by atoms with Gasteiger partial charge in [0.15, 0.2) is 0 Å². The Morgan fingerprint density at radius 3 is 2.72 bits per heavy atom. The quantitative estimate of drug-likeness (QED) is 0.837. The van der Waals surface area contributed by atoms with Crippen molar-refractivity contribution in [3.63, 3.8) is 0 Å². The maximum absolute atomic E-state index is 12.1. The molecule has 1 amide bonds. The average molecular weight is 248 g/mol. The first-order valence-corrected chi connectivity index (χ1v) is 6.33. The molecule has 1 fully saturated rings. The summed E-state index contributed by atoms with van der Waals surface area (Å²) in [7, 11) is 1.60. The van der Waals surface area contributed by atoms with Crippen LogP contribution in [0.1, 0.15) is 25.3 Å². The number of anilines is 1. The monoisotopic (exact) mass is 248 g/mol. The van der Waals surface area contributed by atoms with Crippen LogP contribution < -0.4 is 15.8 Å². The fourth-order valence-electron chi connectivity index (χ4n) is 2.00. The summed E-state index contributed by atoms with van der Waals surface area (Å²) >= 11 is 0. The van der Waals surface area contributed by atoms with Crippen LogP contribution in [0, 0.1) is 5.41 Å². The van der Waals surface area contributed by atoms with Crippen LogP contribution in [0.15, 0.2) is 18.2 Å². The SMILES string of the molecule is CCc1ccc(OC)c(NC(=O)C2(CN)CC2)c1. The van der Waals surface area contributed by atoms with Gasteiger partial charge in [-0.25, -0.2) is 0 Å². The van der Waals surface area contributed by atoms with Crippen LogP contribution in [-0.2, 0) is 11.2 Å². The molecular formula is C14H20N2O2. The van der Waals surface area contributed by atoms with Gasteiger partial charge < -0.3 is 15.8 Å². The molecule has 3 N–H and O–H groups in total. The van der Waals surface area contributed by atoms with Crippen molar-refractivity contribution < 1.29 is 9.53 Å². The zero-order valence-electron chi connectivity index (χ0n) is 11.0. The normalized spacial score (nSPS) is 16.2. The highest BCUT2D eigenvalue weighted by Gasteiger charge is 2.48. The highest BCUT2D eigenvalue weighted by Crippen LogP contribution is 2.45. The molecule has 18 heavy (non-hydrogen) atoms. The average Bonchev–Trinajstić information content (AvgIpc) is 3.19. The van der Waals surface area contributed by atoms with Gasteiger partial charge in [0.1, 0.15) is 5.75 Å². The number of hydrogen-bond donors (Lipinski definition) is 2. The number of hydrogen-bond acceptors (Lipinski definition) is 3. The lowest BCUT2D eigenvalue weighted by Gasteiger charge is -2.15. The van der Waals surface area contributed by atoms with Crippen molar-refractivity contribution >= 4 is 11.6 Å². The third-order valence-corrected chi connectivity index (χ3v) is 3.65. The first-order valence-electron chi connectivity index (χ1n) is 6.33. The van der Waals surface area contributed by atoms with Gasteiger partial charge in [-0.05, 0) is 37.0 Å². The Morgan fingerprint density at radius 1 is 1.50 bits per heavy atom. The number of nitrogens with one attached hydrogen (secondary N) is 1. The summed E-state index contributed by atoms with van der Waals surface area (Å²) < 4.78 is 5.27. The van der Waals surface area contributed by atoms with E-state index in [9.17, 15) is 4.79 Å². The zero-order valence-corrected chi connectivity index (χ0v) is 11.0. The molecule has 0 saturated heterocycles. The Hall–Kier alpha value is -1.55. The fourth-order valence-corrected chi connectivity index (χ4v) is 2.00.